The molecule has 1 saturated heterocycles. The molecule has 2 aliphatic heterocycles. The number of sulfonamides is 1. The van der Waals surface area contributed by atoms with Crippen molar-refractivity contribution in [1.29, 1.82) is 0 Å². The maximum Gasteiger partial charge on any atom is 0.241 e. The lowest BCUT2D eigenvalue weighted by Crippen LogP contribution is -2.40. The summed E-state index contributed by atoms with van der Waals surface area (Å²) in [6.45, 7) is 8.72. The summed E-state index contributed by atoms with van der Waals surface area (Å²) in [5, 5.41) is 0. The van der Waals surface area contributed by atoms with E-state index in [4.69, 9.17) is 0 Å². The van der Waals surface area contributed by atoms with Gasteiger partial charge in [0, 0.05) is 42.3 Å². The van der Waals surface area contributed by atoms with Gasteiger partial charge in [-0.15, -0.1) is 0 Å². The molecule has 2 heterocycles. The van der Waals surface area contributed by atoms with Crippen LogP contribution in [0.15, 0.2) is 21.5 Å². The Morgan fingerprint density at radius 2 is 1.90 bits per heavy atom. The third-order valence-electron chi connectivity index (χ3n) is 6.40. The molecular formula is C22H32BrN3O3S. The first-order valence-corrected chi connectivity index (χ1v) is 13.4. The fourth-order valence-electron chi connectivity index (χ4n) is 4.94. The zero-order valence-corrected chi connectivity index (χ0v) is 20.3. The van der Waals surface area contributed by atoms with Crippen molar-refractivity contribution in [3.63, 3.8) is 0 Å². The molecule has 166 valence electrons. The van der Waals surface area contributed by atoms with Gasteiger partial charge < -0.3 is 9.80 Å². The van der Waals surface area contributed by atoms with Crippen LogP contribution in [0, 0.1) is 17.8 Å². The number of carbonyl (C=O) groups is 1. The molecule has 0 aromatic heterocycles. The molecule has 1 N–H and O–H groups in total. The van der Waals surface area contributed by atoms with Crippen LogP contribution in [0.2, 0.25) is 0 Å². The molecular weight excluding hydrogens is 466 g/mol. The van der Waals surface area contributed by atoms with Crippen molar-refractivity contribution in [2.45, 2.75) is 50.8 Å². The molecule has 1 aliphatic carbocycles. The number of amides is 1. The van der Waals surface area contributed by atoms with Gasteiger partial charge in [-0.25, -0.2) is 13.1 Å². The summed E-state index contributed by atoms with van der Waals surface area (Å²) in [5.74, 6) is 1.67. The zero-order valence-electron chi connectivity index (χ0n) is 17.9. The van der Waals surface area contributed by atoms with E-state index in [0.717, 1.165) is 56.6 Å². The summed E-state index contributed by atoms with van der Waals surface area (Å²) in [4.78, 5) is 17.0. The van der Waals surface area contributed by atoms with E-state index in [1.54, 1.807) is 11.0 Å². The minimum Gasteiger partial charge on any atom is -0.312 e. The van der Waals surface area contributed by atoms with Gasteiger partial charge in [0.25, 0.3) is 0 Å². The Balaban J connectivity index is 1.39. The molecule has 2 fully saturated rings. The molecule has 0 unspecified atom stereocenters. The van der Waals surface area contributed by atoms with Gasteiger partial charge in [-0.3, -0.25) is 4.79 Å². The van der Waals surface area contributed by atoms with Crippen LogP contribution in [0.4, 0.5) is 5.69 Å². The predicted molar refractivity (Wildman–Crippen MR) is 122 cm³/mol. The van der Waals surface area contributed by atoms with Crippen LogP contribution in [0.1, 0.15) is 45.1 Å². The first kappa shape index (κ1) is 22.2. The van der Waals surface area contributed by atoms with Gasteiger partial charge in [0.05, 0.1) is 4.90 Å². The standard InChI is InChI=1S/C22H32BrN3O3S/c1-15-10-16(2)14-25(13-15)8-3-7-24-30(28,29)21-12-20-18(11-19(21)23)6-9-26(20)22(27)17-4-5-17/h11-12,15-17,24H,3-10,13-14H2,1-2H3/t15-,16-/m0/s1. The lowest BCUT2D eigenvalue weighted by atomic mass is 9.92. The lowest BCUT2D eigenvalue weighted by Gasteiger charge is -2.34. The highest BCUT2D eigenvalue weighted by molar-refractivity contribution is 9.10. The average Bonchev–Trinajstić information content (AvgIpc) is 3.44. The second-order valence-electron chi connectivity index (χ2n) is 9.38. The van der Waals surface area contributed by atoms with Gasteiger partial charge in [0.15, 0.2) is 0 Å². The van der Waals surface area contributed by atoms with Gasteiger partial charge in [-0.2, -0.15) is 0 Å². The number of nitrogens with zero attached hydrogens (tertiary/aromatic N) is 2. The summed E-state index contributed by atoms with van der Waals surface area (Å²) in [5.41, 5.74) is 1.79. The molecule has 1 aromatic carbocycles. The van der Waals surface area contributed by atoms with Gasteiger partial charge >= 0.3 is 0 Å². The quantitative estimate of drug-likeness (QED) is 0.586. The summed E-state index contributed by atoms with van der Waals surface area (Å²) in [6, 6.07) is 3.53. The number of nitrogens with one attached hydrogen (secondary N) is 1. The van der Waals surface area contributed by atoms with Crippen LogP contribution in [0.3, 0.4) is 0 Å². The van der Waals surface area contributed by atoms with Crippen molar-refractivity contribution in [1.82, 2.24) is 9.62 Å². The van der Waals surface area contributed by atoms with Crippen LogP contribution in [0.5, 0.6) is 0 Å². The molecule has 4 rings (SSSR count). The third kappa shape index (κ3) is 4.92. The highest BCUT2D eigenvalue weighted by Gasteiger charge is 2.37. The number of benzene rings is 1. The van der Waals surface area contributed by atoms with E-state index in [9.17, 15) is 13.2 Å². The Morgan fingerprint density at radius 3 is 2.57 bits per heavy atom. The van der Waals surface area contributed by atoms with Gasteiger partial charge in [-0.05, 0) is 84.1 Å². The number of likely N-dealkylation sites (tertiary alicyclic amines) is 1. The number of rotatable bonds is 7. The number of fused-ring (bicyclic) bond motifs is 1. The first-order valence-electron chi connectivity index (χ1n) is 11.1. The minimum absolute atomic E-state index is 0.123. The van der Waals surface area contributed by atoms with Gasteiger partial charge in [0.1, 0.15) is 0 Å². The average molecular weight is 498 g/mol. The van der Waals surface area contributed by atoms with Crippen molar-refractivity contribution >= 4 is 37.5 Å². The minimum atomic E-state index is -3.64. The van der Waals surface area contributed by atoms with E-state index in [1.807, 2.05) is 6.07 Å². The Bertz CT molecular complexity index is 906. The Hall–Kier alpha value is -0.960. The van der Waals surface area contributed by atoms with Crippen LogP contribution in [-0.2, 0) is 21.2 Å². The van der Waals surface area contributed by atoms with E-state index in [-0.39, 0.29) is 16.7 Å². The zero-order chi connectivity index (χ0) is 21.5. The molecule has 2 atom stereocenters. The number of anilines is 1. The third-order valence-corrected chi connectivity index (χ3v) is 8.82. The molecule has 0 bridgehead atoms. The van der Waals surface area contributed by atoms with Crippen molar-refractivity contribution in [3.8, 4) is 0 Å². The highest BCUT2D eigenvalue weighted by Crippen LogP contribution is 2.39. The molecule has 0 spiro atoms. The lowest BCUT2D eigenvalue weighted by molar-refractivity contribution is -0.119. The Morgan fingerprint density at radius 1 is 1.20 bits per heavy atom. The molecule has 0 radical (unpaired) electrons. The monoisotopic (exact) mass is 497 g/mol. The van der Waals surface area contributed by atoms with Crippen molar-refractivity contribution in [3.05, 3.63) is 22.2 Å². The molecule has 1 saturated carbocycles. The summed E-state index contributed by atoms with van der Waals surface area (Å²) in [6.07, 6.45) is 4.72. The second-order valence-corrected chi connectivity index (χ2v) is 12.0. The largest absolute Gasteiger partial charge is 0.312 e. The number of piperidine rings is 1. The number of carbonyl (C=O) groups excluding carboxylic acids is 1. The van der Waals surface area contributed by atoms with Crippen LogP contribution >= 0.6 is 15.9 Å². The van der Waals surface area contributed by atoms with Gasteiger partial charge in [-0.1, -0.05) is 13.8 Å². The normalized spacial score (nSPS) is 24.8. The predicted octanol–water partition coefficient (Wildman–Crippen LogP) is 3.39. The van der Waals surface area contributed by atoms with Crippen molar-refractivity contribution < 1.29 is 13.2 Å². The number of hydrogen-bond donors (Lipinski definition) is 1. The molecule has 30 heavy (non-hydrogen) atoms. The van der Waals surface area contributed by atoms with Crippen LogP contribution in [-0.4, -0.2) is 51.9 Å². The topological polar surface area (TPSA) is 69.7 Å². The maximum atomic E-state index is 13.0. The summed E-state index contributed by atoms with van der Waals surface area (Å²) >= 11 is 3.44. The fraction of sp³-hybridized carbons (Fsp3) is 0.682. The van der Waals surface area contributed by atoms with Crippen molar-refractivity contribution in [2.75, 3.05) is 37.6 Å². The number of hydrogen-bond acceptors (Lipinski definition) is 4. The highest BCUT2D eigenvalue weighted by atomic mass is 79.9. The van der Waals surface area contributed by atoms with Crippen LogP contribution in [0.25, 0.3) is 0 Å². The Labute approximate surface area is 188 Å². The molecule has 3 aliphatic rings. The SMILES string of the molecule is C[C@H]1C[C@H](C)CN(CCCNS(=O)(=O)c2cc3c(cc2Br)CCN3C(=O)C2CC2)C1. The molecule has 1 aromatic rings. The van der Waals surface area contributed by atoms with E-state index in [2.05, 4.69) is 39.4 Å². The van der Waals surface area contributed by atoms with E-state index in [0.29, 0.717) is 29.4 Å². The van der Waals surface area contributed by atoms with Gasteiger partial charge in [0.2, 0.25) is 15.9 Å². The van der Waals surface area contributed by atoms with Crippen molar-refractivity contribution in [2.24, 2.45) is 17.8 Å². The smallest absolute Gasteiger partial charge is 0.241 e. The molecule has 1 amide bonds. The van der Waals surface area contributed by atoms with E-state index in [1.165, 1.54) is 6.42 Å². The molecule has 6 nitrogen and oxygen atoms in total. The van der Waals surface area contributed by atoms with E-state index >= 15 is 0 Å². The first-order chi connectivity index (χ1) is 14.2. The summed E-state index contributed by atoms with van der Waals surface area (Å²) in [7, 11) is -3.64. The fourth-order valence-corrected chi connectivity index (χ4v) is 7.12. The molecule has 8 heteroatoms. The Kier molecular flexibility index (Phi) is 6.59. The summed E-state index contributed by atoms with van der Waals surface area (Å²) < 4.78 is 29.3. The maximum absolute atomic E-state index is 13.0. The number of halogens is 1. The second kappa shape index (κ2) is 8.88. The van der Waals surface area contributed by atoms with Crippen LogP contribution < -0.4 is 9.62 Å². The van der Waals surface area contributed by atoms with E-state index < -0.39 is 10.0 Å².